The molecule has 146 valence electrons. The van der Waals surface area contributed by atoms with Crippen LogP contribution in [0.5, 0.6) is 11.5 Å². The van der Waals surface area contributed by atoms with Gasteiger partial charge in [-0.25, -0.2) is 8.42 Å². The standard InChI is InChI=1S/C19H18N2O5S2/c1-25-16-6-3-14(4-7-16)21-28(23,24)18-11-15(5-8-17(18)26-2)20-19(22)13-9-10-27-12-13/h3-12,21H,1-2H3,(H,20,22). The smallest absolute Gasteiger partial charge is 0.265 e. The second kappa shape index (κ2) is 8.32. The Labute approximate surface area is 167 Å². The molecule has 0 unspecified atom stereocenters. The number of anilines is 2. The van der Waals surface area contributed by atoms with E-state index in [9.17, 15) is 13.2 Å². The third-order valence-corrected chi connectivity index (χ3v) is 5.92. The number of hydrogen-bond acceptors (Lipinski definition) is 6. The van der Waals surface area contributed by atoms with E-state index in [1.165, 1.54) is 37.7 Å². The van der Waals surface area contributed by atoms with Gasteiger partial charge in [0.2, 0.25) is 0 Å². The molecular weight excluding hydrogens is 400 g/mol. The zero-order valence-corrected chi connectivity index (χ0v) is 16.8. The number of amides is 1. The van der Waals surface area contributed by atoms with E-state index in [4.69, 9.17) is 9.47 Å². The molecule has 0 aliphatic carbocycles. The maximum atomic E-state index is 12.9. The SMILES string of the molecule is COc1ccc(NS(=O)(=O)c2cc(NC(=O)c3ccsc3)ccc2OC)cc1. The fourth-order valence-electron chi connectivity index (χ4n) is 2.43. The minimum atomic E-state index is -3.95. The van der Waals surface area contributed by atoms with Crippen LogP contribution in [0.25, 0.3) is 0 Å². The number of carbonyl (C=O) groups is 1. The first-order chi connectivity index (χ1) is 13.4. The highest BCUT2D eigenvalue weighted by Gasteiger charge is 2.21. The molecule has 3 rings (SSSR count). The Kier molecular flexibility index (Phi) is 5.86. The quantitative estimate of drug-likeness (QED) is 0.608. The summed E-state index contributed by atoms with van der Waals surface area (Å²) in [7, 11) is -1.04. The maximum Gasteiger partial charge on any atom is 0.265 e. The lowest BCUT2D eigenvalue weighted by molar-refractivity contribution is 0.102. The average molecular weight is 418 g/mol. The molecule has 0 bridgehead atoms. The molecule has 0 aliphatic heterocycles. The van der Waals surface area contributed by atoms with Gasteiger partial charge < -0.3 is 14.8 Å². The van der Waals surface area contributed by atoms with Gasteiger partial charge in [-0.05, 0) is 53.9 Å². The van der Waals surface area contributed by atoms with Crippen LogP contribution in [0.4, 0.5) is 11.4 Å². The van der Waals surface area contributed by atoms with Crippen molar-refractivity contribution in [2.24, 2.45) is 0 Å². The highest BCUT2D eigenvalue weighted by Crippen LogP contribution is 2.29. The minimum absolute atomic E-state index is 0.0889. The first kappa shape index (κ1) is 19.7. The summed E-state index contributed by atoms with van der Waals surface area (Å²) >= 11 is 1.40. The summed E-state index contributed by atoms with van der Waals surface area (Å²) in [5.41, 5.74) is 1.21. The molecule has 0 saturated carbocycles. The van der Waals surface area contributed by atoms with Crippen LogP contribution in [0, 0.1) is 0 Å². The number of benzene rings is 2. The van der Waals surface area contributed by atoms with Crippen LogP contribution < -0.4 is 19.5 Å². The summed E-state index contributed by atoms with van der Waals surface area (Å²) in [6.07, 6.45) is 0. The molecule has 0 saturated heterocycles. The highest BCUT2D eigenvalue weighted by molar-refractivity contribution is 7.92. The van der Waals surface area contributed by atoms with Gasteiger partial charge in [-0.2, -0.15) is 11.3 Å². The number of carbonyl (C=O) groups excluding carboxylic acids is 1. The third-order valence-electron chi connectivity index (χ3n) is 3.84. The van der Waals surface area contributed by atoms with E-state index in [0.29, 0.717) is 22.7 Å². The van der Waals surface area contributed by atoms with Crippen molar-refractivity contribution in [3.05, 3.63) is 64.9 Å². The number of sulfonamides is 1. The van der Waals surface area contributed by atoms with Crippen molar-refractivity contribution in [2.75, 3.05) is 24.3 Å². The van der Waals surface area contributed by atoms with E-state index in [0.717, 1.165) is 0 Å². The van der Waals surface area contributed by atoms with Crippen LogP contribution in [0.15, 0.2) is 64.2 Å². The van der Waals surface area contributed by atoms with Crippen molar-refractivity contribution in [3.8, 4) is 11.5 Å². The third kappa shape index (κ3) is 4.44. The molecule has 0 fully saturated rings. The molecule has 28 heavy (non-hydrogen) atoms. The molecule has 7 nitrogen and oxygen atoms in total. The fourth-order valence-corrected chi connectivity index (χ4v) is 4.32. The van der Waals surface area contributed by atoms with Crippen LogP contribution in [0.1, 0.15) is 10.4 Å². The van der Waals surface area contributed by atoms with Crippen LogP contribution in [-0.4, -0.2) is 28.5 Å². The maximum absolute atomic E-state index is 12.9. The number of thiophene rings is 1. The molecule has 3 aromatic rings. The van der Waals surface area contributed by atoms with Gasteiger partial charge >= 0.3 is 0 Å². The van der Waals surface area contributed by atoms with E-state index in [-0.39, 0.29) is 16.6 Å². The summed E-state index contributed by atoms with van der Waals surface area (Å²) in [5.74, 6) is 0.450. The second-order valence-corrected chi connectivity index (χ2v) is 8.10. The molecule has 2 N–H and O–H groups in total. The lowest BCUT2D eigenvalue weighted by atomic mass is 10.2. The summed E-state index contributed by atoms with van der Waals surface area (Å²) in [5, 5.41) is 6.19. The lowest BCUT2D eigenvalue weighted by Gasteiger charge is -2.14. The van der Waals surface area contributed by atoms with Gasteiger partial charge in [0, 0.05) is 16.8 Å². The van der Waals surface area contributed by atoms with E-state index in [1.807, 2.05) is 0 Å². The van der Waals surface area contributed by atoms with Gasteiger partial charge in [0.05, 0.1) is 19.8 Å². The molecule has 1 aromatic heterocycles. The Morgan fingerprint density at radius 1 is 0.964 bits per heavy atom. The van der Waals surface area contributed by atoms with E-state index >= 15 is 0 Å². The lowest BCUT2D eigenvalue weighted by Crippen LogP contribution is -2.16. The molecule has 1 amide bonds. The summed E-state index contributed by atoms with van der Waals surface area (Å²) in [6.45, 7) is 0. The van der Waals surface area contributed by atoms with Gasteiger partial charge in [-0.15, -0.1) is 0 Å². The molecular formula is C19H18N2O5S2. The molecule has 2 aromatic carbocycles. The Morgan fingerprint density at radius 3 is 2.29 bits per heavy atom. The van der Waals surface area contributed by atoms with Crippen LogP contribution >= 0.6 is 11.3 Å². The predicted molar refractivity (Wildman–Crippen MR) is 109 cm³/mol. The number of ether oxygens (including phenoxy) is 2. The van der Waals surface area contributed by atoms with Crippen molar-refractivity contribution < 1.29 is 22.7 Å². The van der Waals surface area contributed by atoms with Crippen molar-refractivity contribution in [2.45, 2.75) is 4.90 Å². The Hall–Kier alpha value is -3.04. The van der Waals surface area contributed by atoms with Crippen molar-refractivity contribution >= 4 is 38.6 Å². The predicted octanol–water partition coefficient (Wildman–Crippen LogP) is 3.82. The van der Waals surface area contributed by atoms with E-state index < -0.39 is 10.0 Å². The first-order valence-corrected chi connectivity index (χ1v) is 10.5. The Bertz CT molecular complexity index is 1060. The monoisotopic (exact) mass is 418 g/mol. The molecule has 0 radical (unpaired) electrons. The van der Waals surface area contributed by atoms with E-state index in [1.54, 1.807) is 47.2 Å². The molecule has 9 heteroatoms. The molecule has 0 aliphatic rings. The average Bonchev–Trinajstić information content (AvgIpc) is 3.23. The van der Waals surface area contributed by atoms with Gasteiger partial charge in [-0.3, -0.25) is 9.52 Å². The summed E-state index contributed by atoms with van der Waals surface area (Å²) in [4.78, 5) is 12.1. The van der Waals surface area contributed by atoms with Crippen molar-refractivity contribution in [1.29, 1.82) is 0 Å². The summed E-state index contributed by atoms with van der Waals surface area (Å²) < 4.78 is 38.5. The Balaban J connectivity index is 1.88. The van der Waals surface area contributed by atoms with Crippen molar-refractivity contribution in [1.82, 2.24) is 0 Å². The zero-order valence-electron chi connectivity index (χ0n) is 15.1. The highest BCUT2D eigenvalue weighted by atomic mass is 32.2. The zero-order chi connectivity index (χ0) is 20.1. The molecule has 0 atom stereocenters. The first-order valence-electron chi connectivity index (χ1n) is 8.11. The summed E-state index contributed by atoms with van der Waals surface area (Å²) in [6, 6.07) is 12.6. The van der Waals surface area contributed by atoms with Gasteiger partial charge in [0.15, 0.2) is 0 Å². The van der Waals surface area contributed by atoms with Crippen LogP contribution in [-0.2, 0) is 10.0 Å². The minimum Gasteiger partial charge on any atom is -0.497 e. The molecule has 0 spiro atoms. The number of rotatable bonds is 7. The largest absolute Gasteiger partial charge is 0.497 e. The van der Waals surface area contributed by atoms with Gasteiger partial charge in [-0.1, -0.05) is 0 Å². The topological polar surface area (TPSA) is 93.7 Å². The molecule has 1 heterocycles. The Morgan fingerprint density at radius 2 is 1.68 bits per heavy atom. The number of methoxy groups -OCH3 is 2. The van der Waals surface area contributed by atoms with Gasteiger partial charge in [0.1, 0.15) is 16.4 Å². The van der Waals surface area contributed by atoms with Gasteiger partial charge in [0.25, 0.3) is 15.9 Å². The normalized spacial score (nSPS) is 10.9. The van der Waals surface area contributed by atoms with Crippen LogP contribution in [0.3, 0.4) is 0 Å². The number of hydrogen-bond donors (Lipinski definition) is 2. The van der Waals surface area contributed by atoms with Crippen molar-refractivity contribution in [3.63, 3.8) is 0 Å². The number of nitrogens with one attached hydrogen (secondary N) is 2. The van der Waals surface area contributed by atoms with Crippen LogP contribution in [0.2, 0.25) is 0 Å². The fraction of sp³-hybridized carbons (Fsp3) is 0.105. The van der Waals surface area contributed by atoms with E-state index in [2.05, 4.69) is 10.0 Å². The second-order valence-electron chi connectivity index (χ2n) is 5.67.